The maximum absolute atomic E-state index is 8.94. The van der Waals surface area contributed by atoms with E-state index in [0.29, 0.717) is 11.4 Å². The highest BCUT2D eigenvalue weighted by Gasteiger charge is 2.21. The lowest BCUT2D eigenvalue weighted by atomic mass is 9.90. The Hall–Kier alpha value is -10.7. The lowest BCUT2D eigenvalue weighted by molar-refractivity contribution is 0.953. The van der Waals surface area contributed by atoms with Crippen LogP contribution < -0.4 is 0 Å². The minimum atomic E-state index is -0.490. The van der Waals surface area contributed by atoms with E-state index in [1.54, 1.807) is 0 Å². The van der Waals surface area contributed by atoms with Gasteiger partial charge in [-0.3, -0.25) is 9.55 Å². The highest BCUT2D eigenvalue weighted by molar-refractivity contribution is 6.22. The number of hydrogen-bond acceptors (Lipinski definition) is 5. The van der Waals surface area contributed by atoms with Gasteiger partial charge in [-0.15, -0.1) is 0 Å². The van der Waals surface area contributed by atoms with Crippen molar-refractivity contribution < 1.29 is 6.85 Å². The fourth-order valence-electron chi connectivity index (χ4n) is 11.3. The number of benzene rings is 11. The van der Waals surface area contributed by atoms with Gasteiger partial charge in [-0.25, -0.2) is 9.97 Å². The van der Waals surface area contributed by atoms with E-state index in [1.165, 1.54) is 0 Å². The molecule has 6 heteroatoms. The first kappa shape index (κ1) is 40.6. The number of aromatic nitrogens is 6. The summed E-state index contributed by atoms with van der Waals surface area (Å²) in [6, 6.07) is 81.7. The van der Waals surface area contributed by atoms with Crippen molar-refractivity contribution >= 4 is 54.4 Å². The van der Waals surface area contributed by atoms with E-state index in [1.807, 2.05) is 71.4 Å². The van der Waals surface area contributed by atoms with Crippen molar-refractivity contribution in [3.63, 3.8) is 0 Å². The second-order valence-electron chi connectivity index (χ2n) is 19.6. The summed E-state index contributed by atoms with van der Waals surface area (Å²) in [5.74, 6) is 0.513. The first-order valence-electron chi connectivity index (χ1n) is 28.7. The Morgan fingerprint density at radius 2 is 0.886 bits per heavy atom. The SMILES string of the molecule is [2H]c1c([2H])c([2H])c(-c2nc(-c3ccccc3)nc(-n3c4ccc(-c5ccccc5-c5cccc(-c6cccc(-c7ccccc7-c7ccnc8c7ccc7ccc(-c9ccccc9)nc78)c6)c5)cc4c4c5ccccc5ccc43)n2)c([2H])c1[2H]. The second kappa shape index (κ2) is 19.2. The van der Waals surface area contributed by atoms with Gasteiger partial charge in [0.05, 0.1) is 34.6 Å². The fourth-order valence-corrected chi connectivity index (χ4v) is 11.3. The third-order valence-corrected chi connectivity index (χ3v) is 15.0. The molecule has 0 fully saturated rings. The van der Waals surface area contributed by atoms with Gasteiger partial charge in [0.2, 0.25) is 5.95 Å². The Balaban J connectivity index is 0.832. The molecule has 11 aromatic carbocycles. The molecule has 0 aliphatic carbocycles. The zero-order valence-corrected chi connectivity index (χ0v) is 42.4. The van der Waals surface area contributed by atoms with Crippen LogP contribution in [-0.4, -0.2) is 29.5 Å². The molecule has 0 spiro atoms. The molecule has 0 atom stereocenters. The standard InChI is InChI=1S/C73H46N6/c1-4-19-48(20-5-1)65-39-35-49-34-38-63-62(42-43-74-70(63)69(49)75-65)61-33-15-14-31-59(61)55-28-17-26-53(45-55)52-25-16-27-54(44-52)57-29-12-13-30-58(57)56-37-40-66-64(46-56)68-60-32-11-10-18-47(60)36-41-67(68)79(66)73-77-71(50-21-6-2-7-22-50)76-72(78-73)51-23-8-3-9-24-51/h1-46H/i2D,6D,7D,21D,22D. The van der Waals surface area contributed by atoms with Crippen LogP contribution >= 0.6 is 0 Å². The van der Waals surface area contributed by atoms with E-state index < -0.39 is 30.2 Å². The van der Waals surface area contributed by atoms with Gasteiger partial charge in [-0.1, -0.05) is 230 Å². The minimum absolute atomic E-state index is 0.0281. The number of fused-ring (bicyclic) bond motifs is 8. The number of hydrogen-bond donors (Lipinski definition) is 0. The molecular formula is C73H46N6. The van der Waals surface area contributed by atoms with Gasteiger partial charge in [0, 0.05) is 44.4 Å². The van der Waals surface area contributed by atoms with Crippen molar-refractivity contribution in [2.75, 3.05) is 0 Å². The maximum atomic E-state index is 8.94. The summed E-state index contributed by atoms with van der Waals surface area (Å²) < 4.78 is 45.3. The molecule has 0 aliphatic rings. The Kier molecular flexibility index (Phi) is 9.84. The molecule has 368 valence electrons. The minimum Gasteiger partial charge on any atom is -0.278 e. The van der Waals surface area contributed by atoms with Crippen LogP contribution in [-0.2, 0) is 0 Å². The molecule has 0 saturated heterocycles. The van der Waals surface area contributed by atoms with Gasteiger partial charge in [-0.2, -0.15) is 9.97 Å². The van der Waals surface area contributed by atoms with Crippen LogP contribution in [0, 0.1) is 0 Å². The normalized spacial score (nSPS) is 12.4. The molecule has 6 nitrogen and oxygen atoms in total. The predicted molar refractivity (Wildman–Crippen MR) is 326 cm³/mol. The third-order valence-electron chi connectivity index (χ3n) is 15.0. The van der Waals surface area contributed by atoms with Gasteiger partial charge in [0.1, 0.15) is 0 Å². The average Bonchev–Trinajstić information content (AvgIpc) is 2.37. The zero-order valence-electron chi connectivity index (χ0n) is 47.4. The van der Waals surface area contributed by atoms with E-state index in [-0.39, 0.29) is 17.3 Å². The number of rotatable bonds is 9. The number of nitrogens with zero attached hydrogens (tertiary/aromatic N) is 6. The van der Waals surface area contributed by atoms with Crippen molar-refractivity contribution in [3.05, 3.63) is 279 Å². The fraction of sp³-hybridized carbons (Fsp3) is 0. The largest absolute Gasteiger partial charge is 0.278 e. The molecular weight excluding hydrogens is 961 g/mol. The molecule has 0 radical (unpaired) electrons. The summed E-state index contributed by atoms with van der Waals surface area (Å²) in [6.07, 6.45) is 1.90. The molecule has 4 aromatic heterocycles. The first-order valence-corrected chi connectivity index (χ1v) is 26.2. The monoisotopic (exact) mass is 1010 g/mol. The summed E-state index contributed by atoms with van der Waals surface area (Å²) in [5, 5.41) is 6.16. The van der Waals surface area contributed by atoms with E-state index in [0.717, 1.165) is 121 Å². The predicted octanol–water partition coefficient (Wildman–Crippen LogP) is 18.6. The molecule has 4 heterocycles. The quantitative estimate of drug-likeness (QED) is 0.135. The van der Waals surface area contributed by atoms with Crippen LogP contribution in [0.5, 0.6) is 0 Å². The highest BCUT2D eigenvalue weighted by Crippen LogP contribution is 2.43. The molecule has 0 saturated carbocycles. The highest BCUT2D eigenvalue weighted by atomic mass is 15.2. The summed E-state index contributed by atoms with van der Waals surface area (Å²) >= 11 is 0. The van der Waals surface area contributed by atoms with Crippen molar-refractivity contribution in [1.29, 1.82) is 0 Å². The molecule has 15 aromatic rings. The topological polar surface area (TPSA) is 69.4 Å². The van der Waals surface area contributed by atoms with E-state index >= 15 is 0 Å². The Bertz CT molecular complexity index is 5130. The third kappa shape index (κ3) is 8.10. The molecule has 0 aliphatic heterocycles. The van der Waals surface area contributed by atoms with Crippen molar-refractivity contribution in [1.82, 2.24) is 29.5 Å². The van der Waals surface area contributed by atoms with E-state index in [9.17, 15) is 0 Å². The number of pyridine rings is 2. The second-order valence-corrected chi connectivity index (χ2v) is 19.6. The summed E-state index contributed by atoms with van der Waals surface area (Å²) in [7, 11) is 0. The van der Waals surface area contributed by atoms with Gasteiger partial charge < -0.3 is 0 Å². The Morgan fingerprint density at radius 3 is 1.62 bits per heavy atom. The summed E-state index contributed by atoms with van der Waals surface area (Å²) in [5.41, 5.74) is 16.8. The smallest absolute Gasteiger partial charge is 0.238 e. The summed E-state index contributed by atoms with van der Waals surface area (Å²) in [4.78, 5) is 25.0. The molecule has 0 N–H and O–H groups in total. The van der Waals surface area contributed by atoms with E-state index in [2.05, 4.69) is 182 Å². The van der Waals surface area contributed by atoms with Crippen LogP contribution in [0.1, 0.15) is 6.85 Å². The van der Waals surface area contributed by atoms with Crippen molar-refractivity contribution in [2.45, 2.75) is 0 Å². The van der Waals surface area contributed by atoms with Crippen LogP contribution in [0.25, 0.3) is 150 Å². The van der Waals surface area contributed by atoms with Crippen molar-refractivity contribution in [2.24, 2.45) is 0 Å². The molecule has 0 amide bonds. The first-order chi connectivity index (χ1) is 41.2. The maximum Gasteiger partial charge on any atom is 0.238 e. The zero-order chi connectivity index (χ0) is 56.6. The average molecular weight is 1010 g/mol. The van der Waals surface area contributed by atoms with Gasteiger partial charge in [0.25, 0.3) is 0 Å². The molecule has 15 rings (SSSR count). The van der Waals surface area contributed by atoms with Crippen LogP contribution in [0.2, 0.25) is 0 Å². The van der Waals surface area contributed by atoms with Crippen molar-refractivity contribution in [3.8, 4) is 95.6 Å². The van der Waals surface area contributed by atoms with Crippen LogP contribution in [0.4, 0.5) is 0 Å². The van der Waals surface area contributed by atoms with Gasteiger partial charge >= 0.3 is 0 Å². The Morgan fingerprint density at radius 1 is 0.316 bits per heavy atom. The van der Waals surface area contributed by atoms with Crippen LogP contribution in [0.15, 0.2) is 279 Å². The lowest BCUT2D eigenvalue weighted by Gasteiger charge is -2.15. The molecule has 79 heavy (non-hydrogen) atoms. The van der Waals surface area contributed by atoms with Gasteiger partial charge in [0.15, 0.2) is 11.6 Å². The molecule has 0 unspecified atom stereocenters. The lowest BCUT2D eigenvalue weighted by Crippen LogP contribution is -2.06. The van der Waals surface area contributed by atoms with Gasteiger partial charge in [-0.05, 0) is 109 Å². The van der Waals surface area contributed by atoms with E-state index in [4.69, 9.17) is 31.8 Å². The van der Waals surface area contributed by atoms with Crippen LogP contribution in [0.3, 0.4) is 0 Å². The Labute approximate surface area is 463 Å². The summed E-state index contributed by atoms with van der Waals surface area (Å²) in [6.45, 7) is 0. The molecule has 0 bridgehead atoms.